The molecule has 1 unspecified atom stereocenters. The van der Waals surface area contributed by atoms with Gasteiger partial charge >= 0.3 is 12.0 Å². The first-order chi connectivity index (χ1) is 7.01. The highest BCUT2D eigenvalue weighted by Crippen LogP contribution is 1.97. The maximum Gasteiger partial charge on any atom is 0.326 e. The van der Waals surface area contributed by atoms with Crippen LogP contribution in [0.1, 0.15) is 33.6 Å². The van der Waals surface area contributed by atoms with E-state index in [4.69, 9.17) is 5.11 Å². The molecule has 2 atom stereocenters. The Hall–Kier alpha value is -1.26. The van der Waals surface area contributed by atoms with E-state index in [-0.39, 0.29) is 0 Å². The molecular weight excluding hydrogens is 196 g/mol. The fraction of sp³-hybridized carbons (Fsp3) is 0.800. The first-order valence-corrected chi connectivity index (χ1v) is 5.28. The molecule has 0 saturated heterocycles. The van der Waals surface area contributed by atoms with Gasteiger partial charge in [-0.15, -0.1) is 0 Å². The van der Waals surface area contributed by atoms with Gasteiger partial charge in [-0.2, -0.15) is 0 Å². The van der Waals surface area contributed by atoms with Gasteiger partial charge in [0.15, 0.2) is 0 Å². The second kappa shape index (κ2) is 7.09. The minimum absolute atomic E-state index is 0.381. The molecule has 0 aliphatic heterocycles. The topological polar surface area (TPSA) is 78.4 Å². The Morgan fingerprint density at radius 3 is 2.27 bits per heavy atom. The minimum Gasteiger partial charge on any atom is -0.480 e. The van der Waals surface area contributed by atoms with Crippen molar-refractivity contribution in [1.29, 1.82) is 0 Å². The van der Waals surface area contributed by atoms with Crippen molar-refractivity contribution >= 4 is 12.0 Å². The van der Waals surface area contributed by atoms with Crippen molar-refractivity contribution in [1.82, 2.24) is 10.6 Å². The minimum atomic E-state index is -1.00. The molecule has 0 saturated carbocycles. The second-order valence-corrected chi connectivity index (χ2v) is 3.67. The molecule has 0 bridgehead atoms. The van der Waals surface area contributed by atoms with Crippen LogP contribution in [0.3, 0.4) is 0 Å². The number of rotatable bonds is 6. The third-order valence-electron chi connectivity index (χ3n) is 2.32. The predicted molar refractivity (Wildman–Crippen MR) is 57.7 cm³/mol. The molecule has 0 aliphatic carbocycles. The summed E-state index contributed by atoms with van der Waals surface area (Å²) in [5.41, 5.74) is 0. The van der Waals surface area contributed by atoms with E-state index in [0.29, 0.717) is 18.9 Å². The summed E-state index contributed by atoms with van der Waals surface area (Å²) < 4.78 is 0. The van der Waals surface area contributed by atoms with Gasteiger partial charge in [-0.25, -0.2) is 9.59 Å². The highest BCUT2D eigenvalue weighted by Gasteiger charge is 2.17. The number of amides is 2. The lowest BCUT2D eigenvalue weighted by Gasteiger charge is -2.14. The van der Waals surface area contributed by atoms with Crippen molar-refractivity contribution in [3.63, 3.8) is 0 Å². The van der Waals surface area contributed by atoms with Gasteiger partial charge < -0.3 is 15.7 Å². The van der Waals surface area contributed by atoms with Crippen LogP contribution in [-0.4, -0.2) is 29.7 Å². The number of carbonyl (C=O) groups excluding carboxylic acids is 1. The fourth-order valence-corrected chi connectivity index (χ4v) is 0.959. The van der Waals surface area contributed by atoms with E-state index in [1.807, 2.05) is 13.8 Å². The molecule has 5 nitrogen and oxygen atoms in total. The molecule has 0 heterocycles. The number of hydrogen-bond donors (Lipinski definition) is 3. The summed E-state index contributed by atoms with van der Waals surface area (Å²) in [6.07, 6.45) is 1.36. The van der Waals surface area contributed by atoms with Crippen molar-refractivity contribution in [2.75, 3.05) is 6.54 Å². The predicted octanol–water partition coefficient (Wildman–Crippen LogP) is 1.19. The molecule has 0 aromatic heterocycles. The number of carboxylic acids is 1. The molecule has 88 valence electrons. The molecule has 2 amide bonds. The summed E-state index contributed by atoms with van der Waals surface area (Å²) in [6.45, 7) is 6.34. The van der Waals surface area contributed by atoms with Crippen LogP contribution in [0.2, 0.25) is 0 Å². The van der Waals surface area contributed by atoms with Crippen LogP contribution in [0.4, 0.5) is 4.79 Å². The van der Waals surface area contributed by atoms with E-state index in [9.17, 15) is 9.59 Å². The molecule has 0 radical (unpaired) electrons. The Kier molecular flexibility index (Phi) is 6.49. The number of carbonyl (C=O) groups is 2. The highest BCUT2D eigenvalue weighted by atomic mass is 16.4. The average molecular weight is 216 g/mol. The number of aliphatic carboxylic acids is 1. The van der Waals surface area contributed by atoms with E-state index >= 15 is 0 Å². The van der Waals surface area contributed by atoms with Gasteiger partial charge in [0.2, 0.25) is 0 Å². The van der Waals surface area contributed by atoms with Crippen LogP contribution >= 0.6 is 0 Å². The molecule has 0 aromatic carbocycles. The van der Waals surface area contributed by atoms with Crippen LogP contribution in [0, 0.1) is 5.92 Å². The van der Waals surface area contributed by atoms with Crippen molar-refractivity contribution in [3.05, 3.63) is 0 Å². The summed E-state index contributed by atoms with van der Waals surface area (Å²) in [7, 11) is 0. The molecular formula is C10H20N2O3. The van der Waals surface area contributed by atoms with Gasteiger partial charge in [-0.3, -0.25) is 0 Å². The van der Waals surface area contributed by atoms with Crippen LogP contribution in [-0.2, 0) is 4.79 Å². The van der Waals surface area contributed by atoms with E-state index in [0.717, 1.165) is 6.42 Å². The molecule has 15 heavy (non-hydrogen) atoms. The van der Waals surface area contributed by atoms with Gasteiger partial charge in [0.05, 0.1) is 0 Å². The summed E-state index contributed by atoms with van der Waals surface area (Å²) in [5.74, 6) is -0.600. The van der Waals surface area contributed by atoms with E-state index < -0.39 is 18.0 Å². The standard InChI is InChI=1S/C10H20N2O3/c1-4-7(3)6-11-10(15)12-8(5-2)9(13)14/h7-8H,4-6H2,1-3H3,(H,13,14)(H2,11,12,15)/t7?,8-/m0/s1. The van der Waals surface area contributed by atoms with Gasteiger partial charge in [0, 0.05) is 6.54 Å². The van der Waals surface area contributed by atoms with Gasteiger partial charge in [0.1, 0.15) is 6.04 Å². The maximum atomic E-state index is 11.3. The Labute approximate surface area is 90.2 Å². The zero-order valence-corrected chi connectivity index (χ0v) is 9.54. The molecule has 0 rings (SSSR count). The molecule has 0 aromatic rings. The number of carboxylic acid groups (broad SMARTS) is 1. The number of urea groups is 1. The average Bonchev–Trinajstić information content (AvgIpc) is 2.21. The van der Waals surface area contributed by atoms with E-state index in [1.54, 1.807) is 6.92 Å². The quantitative estimate of drug-likeness (QED) is 0.624. The van der Waals surface area contributed by atoms with Crippen LogP contribution in [0.25, 0.3) is 0 Å². The first kappa shape index (κ1) is 13.7. The Morgan fingerprint density at radius 2 is 1.87 bits per heavy atom. The zero-order chi connectivity index (χ0) is 11.8. The molecule has 0 spiro atoms. The lowest BCUT2D eigenvalue weighted by atomic mass is 10.1. The zero-order valence-electron chi connectivity index (χ0n) is 9.54. The number of nitrogens with one attached hydrogen (secondary N) is 2. The molecule has 0 fully saturated rings. The third-order valence-corrected chi connectivity index (χ3v) is 2.32. The lowest BCUT2D eigenvalue weighted by Crippen LogP contribution is -2.46. The smallest absolute Gasteiger partial charge is 0.326 e. The van der Waals surface area contributed by atoms with Gasteiger partial charge in [0.25, 0.3) is 0 Å². The SMILES string of the molecule is CCC(C)CNC(=O)N[C@@H](CC)C(=O)O. The molecule has 3 N–H and O–H groups in total. The first-order valence-electron chi connectivity index (χ1n) is 5.28. The van der Waals surface area contributed by atoms with Crippen LogP contribution in [0.15, 0.2) is 0 Å². The number of hydrogen-bond acceptors (Lipinski definition) is 2. The summed E-state index contributed by atoms with van der Waals surface area (Å²) in [4.78, 5) is 21.9. The van der Waals surface area contributed by atoms with E-state index in [1.165, 1.54) is 0 Å². The monoisotopic (exact) mass is 216 g/mol. The Balaban J connectivity index is 3.86. The van der Waals surface area contributed by atoms with Crippen molar-refractivity contribution in [2.24, 2.45) is 5.92 Å². The van der Waals surface area contributed by atoms with Crippen LogP contribution < -0.4 is 10.6 Å². The van der Waals surface area contributed by atoms with Gasteiger partial charge in [-0.1, -0.05) is 27.2 Å². The highest BCUT2D eigenvalue weighted by molar-refractivity contribution is 5.82. The maximum absolute atomic E-state index is 11.3. The van der Waals surface area contributed by atoms with Gasteiger partial charge in [-0.05, 0) is 12.3 Å². The molecule has 0 aliphatic rings. The summed E-state index contributed by atoms with van der Waals surface area (Å²) in [5, 5.41) is 13.7. The van der Waals surface area contributed by atoms with Crippen LogP contribution in [0.5, 0.6) is 0 Å². The fourth-order valence-electron chi connectivity index (χ4n) is 0.959. The summed E-state index contributed by atoms with van der Waals surface area (Å²) in [6, 6.07) is -1.22. The normalized spacial score (nSPS) is 14.1. The van der Waals surface area contributed by atoms with Crippen molar-refractivity contribution in [3.8, 4) is 0 Å². The van der Waals surface area contributed by atoms with Crippen molar-refractivity contribution < 1.29 is 14.7 Å². The lowest BCUT2D eigenvalue weighted by molar-refractivity contribution is -0.139. The largest absolute Gasteiger partial charge is 0.480 e. The van der Waals surface area contributed by atoms with Crippen molar-refractivity contribution in [2.45, 2.75) is 39.7 Å². The Bertz CT molecular complexity index is 219. The third kappa shape index (κ3) is 5.93. The van der Waals surface area contributed by atoms with E-state index in [2.05, 4.69) is 10.6 Å². The molecule has 5 heteroatoms. The summed E-state index contributed by atoms with van der Waals surface area (Å²) >= 11 is 0. The Morgan fingerprint density at radius 1 is 1.27 bits per heavy atom. The second-order valence-electron chi connectivity index (χ2n) is 3.67.